The van der Waals surface area contributed by atoms with Crippen LogP contribution in [0.1, 0.15) is 6.42 Å². The quantitative estimate of drug-likeness (QED) is 0.556. The zero-order chi connectivity index (χ0) is 13.5. The zero-order valence-corrected chi connectivity index (χ0v) is 11.6. The molecule has 0 N–H and O–H groups in total. The van der Waals surface area contributed by atoms with Gasteiger partial charge in [-0.15, -0.1) is 0 Å². The van der Waals surface area contributed by atoms with Crippen molar-refractivity contribution in [1.29, 1.82) is 0 Å². The molecule has 0 saturated heterocycles. The normalized spacial score (nSPS) is 63.1. The van der Waals surface area contributed by atoms with E-state index >= 15 is 0 Å². The first-order chi connectivity index (χ1) is 9.69. The molecule has 7 saturated carbocycles. The number of methoxy groups -OCH3 is 2. The Morgan fingerprint density at radius 2 is 1.25 bits per heavy atom. The molecule has 7 aliphatic rings. The van der Waals surface area contributed by atoms with Gasteiger partial charge in [-0.3, -0.25) is 9.59 Å². The second kappa shape index (κ2) is 2.67. The van der Waals surface area contributed by atoms with Crippen molar-refractivity contribution in [3.63, 3.8) is 0 Å². The predicted molar refractivity (Wildman–Crippen MR) is 66.0 cm³/mol. The van der Waals surface area contributed by atoms with Crippen LogP contribution < -0.4 is 0 Å². The van der Waals surface area contributed by atoms with Crippen LogP contribution in [0.4, 0.5) is 0 Å². The van der Waals surface area contributed by atoms with Gasteiger partial charge in [0.1, 0.15) is 0 Å². The van der Waals surface area contributed by atoms with Gasteiger partial charge < -0.3 is 9.47 Å². The number of ether oxygens (including phenoxy) is 2. The summed E-state index contributed by atoms with van der Waals surface area (Å²) < 4.78 is 10.2. The van der Waals surface area contributed by atoms with Gasteiger partial charge in [-0.25, -0.2) is 0 Å². The van der Waals surface area contributed by atoms with E-state index in [9.17, 15) is 9.59 Å². The van der Waals surface area contributed by atoms with Crippen molar-refractivity contribution in [3.05, 3.63) is 0 Å². The molecule has 106 valence electrons. The first kappa shape index (κ1) is 10.6. The van der Waals surface area contributed by atoms with Crippen LogP contribution in [0.5, 0.6) is 0 Å². The van der Waals surface area contributed by atoms with E-state index in [2.05, 4.69) is 0 Å². The molecule has 10 atom stereocenters. The van der Waals surface area contributed by atoms with Crippen molar-refractivity contribution >= 4 is 11.9 Å². The molecule has 7 aliphatic carbocycles. The third-order valence-electron chi connectivity index (χ3n) is 8.50. The minimum atomic E-state index is -0.939. The maximum absolute atomic E-state index is 12.6. The van der Waals surface area contributed by atoms with E-state index < -0.39 is 5.41 Å². The third kappa shape index (κ3) is 0.626. The van der Waals surface area contributed by atoms with Gasteiger partial charge in [-0.2, -0.15) is 0 Å². The number of esters is 2. The second-order valence-electron chi connectivity index (χ2n) is 7.93. The van der Waals surface area contributed by atoms with Crippen molar-refractivity contribution < 1.29 is 19.1 Å². The second-order valence-corrected chi connectivity index (χ2v) is 7.93. The van der Waals surface area contributed by atoms with Gasteiger partial charge in [0.25, 0.3) is 0 Å². The highest BCUT2D eigenvalue weighted by Crippen LogP contribution is 2.94. The zero-order valence-electron chi connectivity index (χ0n) is 11.6. The van der Waals surface area contributed by atoms with Crippen LogP contribution in [0.15, 0.2) is 0 Å². The van der Waals surface area contributed by atoms with Crippen LogP contribution in [-0.2, 0) is 19.1 Å². The summed E-state index contributed by atoms with van der Waals surface area (Å²) in [4.78, 5) is 25.3. The molecule has 0 aromatic rings. The molecule has 20 heavy (non-hydrogen) atoms. The first-order valence-electron chi connectivity index (χ1n) is 7.86. The molecule has 0 spiro atoms. The van der Waals surface area contributed by atoms with Gasteiger partial charge >= 0.3 is 11.9 Å². The molecule has 0 aromatic carbocycles. The van der Waals surface area contributed by atoms with Crippen molar-refractivity contribution in [2.75, 3.05) is 14.2 Å². The van der Waals surface area contributed by atoms with Crippen molar-refractivity contribution in [1.82, 2.24) is 0 Å². The van der Waals surface area contributed by atoms with Gasteiger partial charge in [-0.05, 0) is 65.6 Å². The maximum Gasteiger partial charge on any atom is 0.323 e. The summed E-state index contributed by atoms with van der Waals surface area (Å²) in [5, 5.41) is 0. The van der Waals surface area contributed by atoms with Crippen molar-refractivity contribution in [2.45, 2.75) is 6.42 Å². The lowest BCUT2D eigenvalue weighted by Crippen LogP contribution is -2.46. The molecule has 2 unspecified atom stereocenters. The maximum atomic E-state index is 12.6. The Labute approximate surface area is 117 Å². The smallest absolute Gasteiger partial charge is 0.323 e. The largest absolute Gasteiger partial charge is 0.468 e. The predicted octanol–water partition coefficient (Wildman–Crippen LogP) is 0.952. The monoisotopic (exact) mass is 274 g/mol. The van der Waals surface area contributed by atoms with E-state index in [1.54, 1.807) is 0 Å². The highest BCUT2D eigenvalue weighted by atomic mass is 16.5. The van der Waals surface area contributed by atoms with Gasteiger partial charge in [0.15, 0.2) is 5.41 Å². The Kier molecular flexibility index (Phi) is 1.42. The summed E-state index contributed by atoms with van der Waals surface area (Å²) in [6, 6.07) is 0. The molecule has 0 amide bonds. The van der Waals surface area contributed by atoms with E-state index in [0.717, 1.165) is 23.7 Å². The Morgan fingerprint density at radius 3 is 1.65 bits per heavy atom. The number of rotatable bonds is 2. The Hall–Kier alpha value is -1.06. The molecule has 7 fully saturated rings. The lowest BCUT2D eigenvalue weighted by atomic mass is 9.60. The van der Waals surface area contributed by atoms with Crippen LogP contribution in [0, 0.1) is 64.6 Å². The lowest BCUT2D eigenvalue weighted by Gasteiger charge is -2.44. The van der Waals surface area contributed by atoms with Gasteiger partial charge in [0.2, 0.25) is 0 Å². The number of carbonyl (C=O) groups excluding carboxylic acids is 2. The summed E-state index contributed by atoms with van der Waals surface area (Å²) in [5.41, 5.74) is -0.939. The van der Waals surface area contributed by atoms with Crippen LogP contribution in [-0.4, -0.2) is 26.2 Å². The Bertz CT molecular complexity index is 529. The highest BCUT2D eigenvalue weighted by Gasteiger charge is 2.95. The number of hydrogen-bond donors (Lipinski definition) is 0. The number of hydrogen-bond acceptors (Lipinski definition) is 4. The van der Waals surface area contributed by atoms with E-state index in [4.69, 9.17) is 9.47 Å². The molecule has 0 aliphatic heterocycles. The van der Waals surface area contributed by atoms with Crippen LogP contribution >= 0.6 is 0 Å². The molecule has 0 aromatic heterocycles. The van der Waals surface area contributed by atoms with Crippen molar-refractivity contribution in [2.24, 2.45) is 64.6 Å². The molecule has 0 heterocycles. The minimum Gasteiger partial charge on any atom is -0.468 e. The molecular formula is C16H18O4. The van der Waals surface area contributed by atoms with Crippen LogP contribution in [0.2, 0.25) is 0 Å². The third-order valence-corrected chi connectivity index (χ3v) is 8.50. The molecular weight excluding hydrogens is 256 g/mol. The summed E-state index contributed by atoms with van der Waals surface area (Å²) in [6.07, 6.45) is 1.38. The van der Waals surface area contributed by atoms with Gasteiger partial charge in [0.05, 0.1) is 14.2 Å². The summed E-state index contributed by atoms with van der Waals surface area (Å²) in [5.74, 6) is 5.64. The SMILES string of the molecule is COC(=O)C1(C(=O)OC)[C@@H]2[C@@H]3C4C5[C@@H]3[C@@H]3C[C@H]5[C@@H]([C@@H]32)[C@H]41. The molecule has 0 radical (unpaired) electrons. The van der Waals surface area contributed by atoms with E-state index in [-0.39, 0.29) is 23.8 Å². The van der Waals surface area contributed by atoms with Gasteiger partial charge in [0, 0.05) is 0 Å². The highest BCUT2D eigenvalue weighted by molar-refractivity contribution is 6.02. The average molecular weight is 274 g/mol. The fourth-order valence-corrected chi connectivity index (χ4v) is 8.93. The summed E-state index contributed by atoms with van der Waals surface area (Å²) >= 11 is 0. The van der Waals surface area contributed by atoms with E-state index in [0.29, 0.717) is 23.7 Å². The summed E-state index contributed by atoms with van der Waals surface area (Å²) in [7, 11) is 2.84. The van der Waals surface area contributed by atoms with Gasteiger partial charge in [-0.1, -0.05) is 0 Å². The lowest BCUT2D eigenvalue weighted by molar-refractivity contribution is -0.174. The van der Waals surface area contributed by atoms with Crippen molar-refractivity contribution in [3.8, 4) is 0 Å². The number of carbonyl (C=O) groups is 2. The Balaban J connectivity index is 1.62. The molecule has 4 bridgehead atoms. The Morgan fingerprint density at radius 1 is 0.800 bits per heavy atom. The topological polar surface area (TPSA) is 52.6 Å². The molecule has 7 rings (SSSR count). The van der Waals surface area contributed by atoms with Crippen LogP contribution in [0.25, 0.3) is 0 Å². The standard InChI is InChI=1S/C16H18O4/c1-19-14(17)16(15(18)20-2)12-8-4-3-5-7-6(4)10(12)11(7)13(16)9(5)8/h4-13H,3H2,1-2H3/t4-,5+,6-,7?,8+,9-,10-,11?,12-,13+/m0/s1. The van der Waals surface area contributed by atoms with E-state index in [1.165, 1.54) is 20.6 Å². The minimum absolute atomic E-state index is 0.237. The fraction of sp³-hybridized carbons (Fsp3) is 0.875. The van der Waals surface area contributed by atoms with Crippen LogP contribution in [0.3, 0.4) is 0 Å². The van der Waals surface area contributed by atoms with E-state index in [1.807, 2.05) is 0 Å². The molecule has 4 heteroatoms. The average Bonchev–Trinajstić information content (AvgIpc) is 3.08. The first-order valence-corrected chi connectivity index (χ1v) is 7.86. The summed E-state index contributed by atoms with van der Waals surface area (Å²) in [6.45, 7) is 0. The fourth-order valence-electron chi connectivity index (χ4n) is 8.93. The molecule has 4 nitrogen and oxygen atoms in total.